The average Bonchev–Trinajstić information content (AvgIpc) is 2.79. The van der Waals surface area contributed by atoms with Crippen LogP contribution in [0.3, 0.4) is 0 Å². The predicted molar refractivity (Wildman–Crippen MR) is 87.3 cm³/mol. The molecule has 1 heterocycles. The molecule has 1 amide bonds. The van der Waals surface area contributed by atoms with Crippen LogP contribution in [0.4, 0.5) is 15.6 Å². The Kier molecular flexibility index (Phi) is 4.83. The second-order valence-corrected chi connectivity index (χ2v) is 6.79. The lowest BCUT2D eigenvalue weighted by Gasteiger charge is -2.25. The van der Waals surface area contributed by atoms with Gasteiger partial charge in [-0.1, -0.05) is 41.1 Å². The zero-order valence-corrected chi connectivity index (χ0v) is 13.9. The van der Waals surface area contributed by atoms with E-state index < -0.39 is 11.7 Å². The molecule has 0 N–H and O–H groups in total. The second-order valence-electron chi connectivity index (χ2n) is 5.42. The standard InChI is InChI=1S/C15H15ClN2O3S/c1-15(2,3)21-14(20)18(10-7-5-4-6-8-10)13-17-12(16)11(9-19)22-13/h4-9H,1-3H3. The summed E-state index contributed by atoms with van der Waals surface area (Å²) in [6.07, 6.45) is 0.0310. The van der Waals surface area contributed by atoms with E-state index >= 15 is 0 Å². The molecule has 22 heavy (non-hydrogen) atoms. The van der Waals surface area contributed by atoms with Gasteiger partial charge in [0.15, 0.2) is 11.4 Å². The summed E-state index contributed by atoms with van der Waals surface area (Å²) >= 11 is 6.93. The number of hydrogen-bond acceptors (Lipinski definition) is 5. The first kappa shape index (κ1) is 16.5. The fourth-order valence-corrected chi connectivity index (χ4v) is 2.72. The first-order chi connectivity index (χ1) is 10.3. The molecule has 2 rings (SSSR count). The maximum Gasteiger partial charge on any atom is 0.421 e. The van der Waals surface area contributed by atoms with E-state index in [9.17, 15) is 9.59 Å². The fourth-order valence-electron chi connectivity index (χ4n) is 1.65. The van der Waals surface area contributed by atoms with E-state index in [1.807, 2.05) is 6.07 Å². The third kappa shape index (κ3) is 3.84. The number of aldehydes is 1. The van der Waals surface area contributed by atoms with Crippen LogP contribution in [0.2, 0.25) is 5.15 Å². The molecule has 2 aromatic rings. The van der Waals surface area contributed by atoms with Gasteiger partial charge in [0.2, 0.25) is 5.13 Å². The van der Waals surface area contributed by atoms with E-state index in [1.54, 1.807) is 45.0 Å². The maximum atomic E-state index is 12.5. The highest BCUT2D eigenvalue weighted by atomic mass is 35.5. The normalized spacial score (nSPS) is 11.1. The van der Waals surface area contributed by atoms with Crippen LogP contribution >= 0.6 is 22.9 Å². The molecule has 1 aromatic carbocycles. The van der Waals surface area contributed by atoms with Gasteiger partial charge in [-0.2, -0.15) is 0 Å². The number of ether oxygens (including phenoxy) is 1. The predicted octanol–water partition coefficient (Wildman–Crippen LogP) is 4.68. The highest BCUT2D eigenvalue weighted by Crippen LogP contribution is 2.34. The largest absolute Gasteiger partial charge is 0.443 e. The van der Waals surface area contributed by atoms with Crippen molar-refractivity contribution in [1.82, 2.24) is 4.98 Å². The van der Waals surface area contributed by atoms with Crippen molar-refractivity contribution in [3.8, 4) is 0 Å². The van der Waals surface area contributed by atoms with Gasteiger partial charge in [-0.05, 0) is 32.9 Å². The quantitative estimate of drug-likeness (QED) is 0.762. The number of anilines is 2. The molecule has 0 aliphatic carbocycles. The van der Waals surface area contributed by atoms with E-state index in [4.69, 9.17) is 16.3 Å². The van der Waals surface area contributed by atoms with Crippen molar-refractivity contribution in [2.75, 3.05) is 4.90 Å². The molecule has 0 spiro atoms. The number of para-hydroxylation sites is 1. The molecule has 0 bridgehead atoms. The van der Waals surface area contributed by atoms with Crippen LogP contribution in [-0.4, -0.2) is 23.0 Å². The van der Waals surface area contributed by atoms with Gasteiger partial charge in [-0.15, -0.1) is 0 Å². The molecule has 0 aliphatic rings. The zero-order chi connectivity index (χ0) is 16.3. The van der Waals surface area contributed by atoms with E-state index in [0.29, 0.717) is 12.0 Å². The number of carbonyl (C=O) groups is 2. The third-order valence-corrected chi connectivity index (χ3v) is 3.85. The molecule has 0 saturated carbocycles. The number of thiazole rings is 1. The minimum atomic E-state index is -0.654. The summed E-state index contributed by atoms with van der Waals surface area (Å²) in [5, 5.41) is 0.354. The number of carbonyl (C=O) groups excluding carboxylic acids is 2. The van der Waals surface area contributed by atoms with Crippen molar-refractivity contribution < 1.29 is 14.3 Å². The van der Waals surface area contributed by atoms with Crippen LogP contribution in [-0.2, 0) is 4.74 Å². The summed E-state index contributed by atoms with van der Waals surface area (Å²) in [7, 11) is 0. The van der Waals surface area contributed by atoms with Crippen LogP contribution in [0, 0.1) is 0 Å². The smallest absolute Gasteiger partial charge is 0.421 e. The van der Waals surface area contributed by atoms with Crippen LogP contribution in [0.15, 0.2) is 30.3 Å². The zero-order valence-electron chi connectivity index (χ0n) is 12.4. The Morgan fingerprint density at radius 3 is 2.45 bits per heavy atom. The van der Waals surface area contributed by atoms with Gasteiger partial charge in [0.25, 0.3) is 0 Å². The first-order valence-corrected chi connectivity index (χ1v) is 7.71. The Morgan fingerprint density at radius 2 is 1.95 bits per heavy atom. The number of nitrogens with zero attached hydrogens (tertiary/aromatic N) is 2. The lowest BCUT2D eigenvalue weighted by atomic mass is 10.2. The molecule has 116 valence electrons. The molecule has 5 nitrogen and oxygen atoms in total. The Balaban J connectivity index is 2.45. The van der Waals surface area contributed by atoms with Crippen LogP contribution < -0.4 is 4.90 Å². The van der Waals surface area contributed by atoms with Gasteiger partial charge in [-0.25, -0.2) is 14.7 Å². The minimum Gasteiger partial charge on any atom is -0.443 e. The lowest BCUT2D eigenvalue weighted by molar-refractivity contribution is 0.0599. The summed E-state index contributed by atoms with van der Waals surface area (Å²) in [5.74, 6) is 0. The lowest BCUT2D eigenvalue weighted by Crippen LogP contribution is -2.33. The minimum absolute atomic E-state index is 0.0690. The van der Waals surface area contributed by atoms with E-state index in [2.05, 4.69) is 4.98 Å². The molecule has 1 aromatic heterocycles. The summed E-state index contributed by atoms with van der Waals surface area (Å²) in [6.45, 7) is 5.33. The average molecular weight is 339 g/mol. The summed E-state index contributed by atoms with van der Waals surface area (Å²) in [4.78, 5) is 29.1. The third-order valence-electron chi connectivity index (χ3n) is 2.49. The van der Waals surface area contributed by atoms with Crippen molar-refractivity contribution in [1.29, 1.82) is 0 Å². The second kappa shape index (κ2) is 6.46. The van der Waals surface area contributed by atoms with Gasteiger partial charge < -0.3 is 4.74 Å². The Bertz CT molecular complexity index is 680. The van der Waals surface area contributed by atoms with Crippen molar-refractivity contribution >= 4 is 46.1 Å². The summed E-state index contributed by atoms with van der Waals surface area (Å²) in [6, 6.07) is 8.92. The molecule has 0 radical (unpaired) electrons. The first-order valence-electron chi connectivity index (χ1n) is 6.51. The van der Waals surface area contributed by atoms with Crippen LogP contribution in [0.1, 0.15) is 30.4 Å². The number of halogens is 1. The van der Waals surface area contributed by atoms with Gasteiger partial charge >= 0.3 is 6.09 Å². The van der Waals surface area contributed by atoms with Gasteiger partial charge in [0, 0.05) is 0 Å². The molecular weight excluding hydrogens is 324 g/mol. The number of amides is 1. The number of rotatable bonds is 3. The monoisotopic (exact) mass is 338 g/mol. The Labute approximate surface area is 137 Å². The number of aromatic nitrogens is 1. The number of benzene rings is 1. The Hall–Kier alpha value is -1.92. The van der Waals surface area contributed by atoms with Gasteiger partial charge in [0.05, 0.1) is 5.69 Å². The van der Waals surface area contributed by atoms with Crippen molar-refractivity contribution in [2.24, 2.45) is 0 Å². The summed E-state index contributed by atoms with van der Waals surface area (Å²) in [5.41, 5.74) is -0.0711. The Morgan fingerprint density at radius 1 is 1.32 bits per heavy atom. The van der Waals surface area contributed by atoms with Crippen molar-refractivity contribution in [2.45, 2.75) is 26.4 Å². The van der Waals surface area contributed by atoms with E-state index in [1.165, 1.54) is 4.90 Å². The molecule has 0 fully saturated rings. The number of hydrogen-bond donors (Lipinski definition) is 0. The molecule has 0 saturated heterocycles. The summed E-state index contributed by atoms with van der Waals surface area (Å²) < 4.78 is 5.41. The molecule has 0 atom stereocenters. The van der Waals surface area contributed by atoms with Gasteiger partial charge in [0.1, 0.15) is 10.5 Å². The van der Waals surface area contributed by atoms with E-state index in [-0.39, 0.29) is 15.2 Å². The van der Waals surface area contributed by atoms with Crippen LogP contribution in [0.25, 0.3) is 0 Å². The van der Waals surface area contributed by atoms with E-state index in [0.717, 1.165) is 11.3 Å². The van der Waals surface area contributed by atoms with Crippen LogP contribution in [0.5, 0.6) is 0 Å². The molecule has 0 unspecified atom stereocenters. The SMILES string of the molecule is CC(C)(C)OC(=O)N(c1ccccc1)c1nc(Cl)c(C=O)s1. The highest BCUT2D eigenvalue weighted by Gasteiger charge is 2.28. The fraction of sp³-hybridized carbons (Fsp3) is 0.267. The van der Waals surface area contributed by atoms with Crippen molar-refractivity contribution in [3.63, 3.8) is 0 Å². The van der Waals surface area contributed by atoms with Gasteiger partial charge in [-0.3, -0.25) is 4.79 Å². The molecule has 0 aliphatic heterocycles. The van der Waals surface area contributed by atoms with Crippen molar-refractivity contribution in [3.05, 3.63) is 40.4 Å². The molecular formula is C15H15ClN2O3S. The maximum absolute atomic E-state index is 12.5. The topological polar surface area (TPSA) is 59.5 Å². The highest BCUT2D eigenvalue weighted by molar-refractivity contribution is 7.18. The molecule has 7 heteroatoms.